The number of carbonyl (C=O) groups is 1. The Hall–Kier alpha value is -3.04. The normalized spacial score (nSPS) is 20.1. The summed E-state index contributed by atoms with van der Waals surface area (Å²) < 4.78 is 8.08. The van der Waals surface area contributed by atoms with Gasteiger partial charge in [0.2, 0.25) is 5.91 Å². The van der Waals surface area contributed by atoms with E-state index in [0.717, 1.165) is 15.2 Å². The van der Waals surface area contributed by atoms with Crippen LogP contribution in [-0.4, -0.2) is 48.5 Å². The van der Waals surface area contributed by atoms with Crippen LogP contribution in [-0.2, 0) is 4.79 Å². The van der Waals surface area contributed by atoms with Crippen molar-refractivity contribution in [2.24, 2.45) is 5.92 Å². The molecular formula is C22H23N5O3S. The SMILES string of the molecule is CC(C)[C@@H](C(=O)N1C[C@H](O)C[C@H]1c1nc2ccccc2s1)n1cc(-c2ccco2)nn1. The molecular weight excluding hydrogens is 414 g/mol. The first-order chi connectivity index (χ1) is 15.0. The van der Waals surface area contributed by atoms with Crippen molar-refractivity contribution in [2.75, 3.05) is 6.54 Å². The molecule has 1 aliphatic heterocycles. The second-order valence-electron chi connectivity index (χ2n) is 8.17. The summed E-state index contributed by atoms with van der Waals surface area (Å²) in [6.07, 6.45) is 3.21. The van der Waals surface area contributed by atoms with Crippen LogP contribution in [0, 0.1) is 5.92 Å². The molecule has 0 bridgehead atoms. The zero-order chi connectivity index (χ0) is 21.5. The van der Waals surface area contributed by atoms with Gasteiger partial charge in [0, 0.05) is 13.0 Å². The van der Waals surface area contributed by atoms with Crippen LogP contribution in [0.3, 0.4) is 0 Å². The molecule has 1 amide bonds. The molecule has 8 nitrogen and oxygen atoms in total. The largest absolute Gasteiger partial charge is 0.463 e. The van der Waals surface area contributed by atoms with Crippen molar-refractivity contribution in [1.29, 1.82) is 0 Å². The molecule has 3 aromatic heterocycles. The Morgan fingerprint density at radius 3 is 2.84 bits per heavy atom. The molecule has 0 spiro atoms. The number of likely N-dealkylation sites (tertiary alicyclic amines) is 1. The van der Waals surface area contributed by atoms with E-state index in [9.17, 15) is 9.90 Å². The van der Waals surface area contributed by atoms with Crippen molar-refractivity contribution < 1.29 is 14.3 Å². The number of para-hydroxylation sites is 1. The first-order valence-corrected chi connectivity index (χ1v) is 11.1. The van der Waals surface area contributed by atoms with Gasteiger partial charge in [0.1, 0.15) is 16.7 Å². The van der Waals surface area contributed by atoms with Gasteiger partial charge in [-0.15, -0.1) is 16.4 Å². The number of aromatic nitrogens is 4. The van der Waals surface area contributed by atoms with Crippen molar-refractivity contribution in [3.8, 4) is 11.5 Å². The molecule has 1 N–H and O–H groups in total. The van der Waals surface area contributed by atoms with E-state index < -0.39 is 12.1 Å². The molecule has 0 unspecified atom stereocenters. The highest BCUT2D eigenvalue weighted by Gasteiger charge is 2.41. The molecule has 4 aromatic rings. The number of aliphatic hydroxyl groups is 1. The monoisotopic (exact) mass is 437 g/mol. The highest BCUT2D eigenvalue weighted by molar-refractivity contribution is 7.18. The molecule has 0 saturated carbocycles. The molecule has 1 fully saturated rings. The minimum atomic E-state index is -0.580. The molecule has 31 heavy (non-hydrogen) atoms. The number of hydrogen-bond acceptors (Lipinski definition) is 7. The standard InChI is InChI=1S/C22H23N5O3S/c1-13(2)20(27-12-16(24-25-27)18-7-5-9-30-18)22(29)26-11-14(28)10-17(26)21-23-15-6-3-4-8-19(15)31-21/h3-9,12-14,17,20,28H,10-11H2,1-2H3/t14-,17+,20+/m1/s1. The Morgan fingerprint density at radius 1 is 1.26 bits per heavy atom. The molecule has 4 heterocycles. The van der Waals surface area contributed by atoms with Gasteiger partial charge in [0.25, 0.3) is 0 Å². The molecule has 0 aliphatic carbocycles. The second kappa shape index (κ2) is 7.90. The van der Waals surface area contributed by atoms with Crippen molar-refractivity contribution in [3.05, 3.63) is 53.9 Å². The van der Waals surface area contributed by atoms with Crippen molar-refractivity contribution in [3.63, 3.8) is 0 Å². The van der Waals surface area contributed by atoms with Gasteiger partial charge in [-0.1, -0.05) is 31.2 Å². The van der Waals surface area contributed by atoms with Crippen molar-refractivity contribution in [1.82, 2.24) is 24.9 Å². The summed E-state index contributed by atoms with van der Waals surface area (Å²) in [5.41, 5.74) is 1.49. The number of hydrogen-bond donors (Lipinski definition) is 1. The fourth-order valence-corrected chi connectivity index (χ4v) is 5.24. The molecule has 9 heteroatoms. The Bertz CT molecular complexity index is 1170. The highest BCUT2D eigenvalue weighted by Crippen LogP contribution is 2.38. The van der Waals surface area contributed by atoms with Crippen molar-refractivity contribution >= 4 is 27.5 Å². The van der Waals surface area contributed by atoms with Crippen LogP contribution < -0.4 is 0 Å². The number of fused-ring (bicyclic) bond motifs is 1. The van der Waals surface area contributed by atoms with Crippen LogP contribution in [0.5, 0.6) is 0 Å². The lowest BCUT2D eigenvalue weighted by atomic mass is 10.0. The number of amides is 1. The molecule has 0 radical (unpaired) electrons. The van der Waals surface area contributed by atoms with E-state index in [0.29, 0.717) is 17.9 Å². The second-order valence-corrected chi connectivity index (χ2v) is 9.23. The summed E-state index contributed by atoms with van der Waals surface area (Å²) in [5, 5.41) is 19.7. The van der Waals surface area contributed by atoms with Gasteiger partial charge in [0.15, 0.2) is 5.76 Å². The lowest BCUT2D eigenvalue weighted by Crippen LogP contribution is -2.40. The van der Waals surface area contributed by atoms with E-state index in [2.05, 4.69) is 10.3 Å². The number of aliphatic hydroxyl groups excluding tert-OH is 1. The summed E-state index contributed by atoms with van der Waals surface area (Å²) in [7, 11) is 0. The molecule has 1 aliphatic rings. The third-order valence-electron chi connectivity index (χ3n) is 5.61. The zero-order valence-corrected chi connectivity index (χ0v) is 18.1. The van der Waals surface area contributed by atoms with Gasteiger partial charge in [0.05, 0.1) is 34.8 Å². The Balaban J connectivity index is 1.46. The number of thiazole rings is 1. The molecule has 1 aromatic carbocycles. The Kier molecular flexibility index (Phi) is 5.07. The zero-order valence-electron chi connectivity index (χ0n) is 17.3. The van der Waals surface area contributed by atoms with Crippen LogP contribution in [0.2, 0.25) is 0 Å². The highest BCUT2D eigenvalue weighted by atomic mass is 32.1. The number of nitrogens with zero attached hydrogens (tertiary/aromatic N) is 5. The Labute approximate surface area is 183 Å². The quantitative estimate of drug-likeness (QED) is 0.512. The maximum Gasteiger partial charge on any atom is 0.248 e. The maximum atomic E-state index is 13.7. The van der Waals surface area contributed by atoms with E-state index in [4.69, 9.17) is 9.40 Å². The van der Waals surface area contributed by atoms with Gasteiger partial charge in [-0.25, -0.2) is 9.67 Å². The van der Waals surface area contributed by atoms with Gasteiger partial charge in [-0.05, 0) is 30.2 Å². The smallest absolute Gasteiger partial charge is 0.248 e. The number of benzene rings is 1. The third kappa shape index (κ3) is 3.64. The van der Waals surface area contributed by atoms with Crippen LogP contribution >= 0.6 is 11.3 Å². The van der Waals surface area contributed by atoms with Crippen LogP contribution in [0.15, 0.2) is 53.3 Å². The lowest BCUT2D eigenvalue weighted by Gasteiger charge is -2.29. The van der Waals surface area contributed by atoms with Gasteiger partial charge in [-0.2, -0.15) is 0 Å². The maximum absolute atomic E-state index is 13.7. The summed E-state index contributed by atoms with van der Waals surface area (Å²) in [6, 6.07) is 10.7. The van der Waals surface area contributed by atoms with Crippen LogP contribution in [0.4, 0.5) is 0 Å². The van der Waals surface area contributed by atoms with Crippen LogP contribution in [0.1, 0.15) is 37.4 Å². The predicted octanol–water partition coefficient (Wildman–Crippen LogP) is 3.68. The number of furan rings is 1. The minimum Gasteiger partial charge on any atom is -0.463 e. The minimum absolute atomic E-state index is 0.0209. The average molecular weight is 438 g/mol. The topological polar surface area (TPSA) is 97.3 Å². The number of carbonyl (C=O) groups excluding carboxylic acids is 1. The first kappa shape index (κ1) is 19.9. The number of β-amino-alcohol motifs (C(OH)–C–C–N with tert-alkyl or cyclic N) is 1. The molecule has 3 atom stereocenters. The van der Waals surface area contributed by atoms with Gasteiger partial charge < -0.3 is 14.4 Å². The van der Waals surface area contributed by atoms with E-state index in [1.807, 2.05) is 38.1 Å². The lowest BCUT2D eigenvalue weighted by molar-refractivity contribution is -0.137. The summed E-state index contributed by atoms with van der Waals surface area (Å²) in [4.78, 5) is 20.2. The number of rotatable bonds is 5. The Morgan fingerprint density at radius 2 is 2.10 bits per heavy atom. The fraction of sp³-hybridized carbons (Fsp3) is 0.364. The van der Waals surface area contributed by atoms with Crippen LogP contribution in [0.25, 0.3) is 21.7 Å². The predicted molar refractivity (Wildman–Crippen MR) is 116 cm³/mol. The summed E-state index contributed by atoms with van der Waals surface area (Å²) in [6.45, 7) is 4.24. The van der Waals surface area contributed by atoms with E-state index >= 15 is 0 Å². The van der Waals surface area contributed by atoms with Gasteiger partial charge >= 0.3 is 0 Å². The molecule has 1 saturated heterocycles. The summed E-state index contributed by atoms with van der Waals surface area (Å²) >= 11 is 1.57. The summed E-state index contributed by atoms with van der Waals surface area (Å²) in [5.74, 6) is 0.490. The van der Waals surface area contributed by atoms with E-state index in [1.54, 1.807) is 45.5 Å². The van der Waals surface area contributed by atoms with E-state index in [-0.39, 0.29) is 24.4 Å². The van der Waals surface area contributed by atoms with Crippen molar-refractivity contribution in [2.45, 2.75) is 38.5 Å². The molecule has 160 valence electrons. The average Bonchev–Trinajstić information content (AvgIpc) is 3.52. The third-order valence-corrected chi connectivity index (χ3v) is 6.75. The first-order valence-electron chi connectivity index (χ1n) is 10.3. The fourth-order valence-electron chi connectivity index (χ4n) is 4.15. The van der Waals surface area contributed by atoms with Gasteiger partial charge in [-0.3, -0.25) is 4.79 Å². The van der Waals surface area contributed by atoms with E-state index in [1.165, 1.54) is 0 Å². The molecule has 5 rings (SSSR count).